The van der Waals surface area contributed by atoms with E-state index in [0.717, 1.165) is 35.1 Å². The number of hydrogen-bond acceptors (Lipinski definition) is 6. The van der Waals surface area contributed by atoms with Crippen molar-refractivity contribution in [3.63, 3.8) is 0 Å². The van der Waals surface area contributed by atoms with E-state index in [-0.39, 0.29) is 5.78 Å². The van der Waals surface area contributed by atoms with Gasteiger partial charge in [-0.05, 0) is 60.7 Å². The summed E-state index contributed by atoms with van der Waals surface area (Å²) in [6.45, 7) is 2.24. The summed E-state index contributed by atoms with van der Waals surface area (Å²) in [6.07, 6.45) is 5.50. The van der Waals surface area contributed by atoms with Crippen LogP contribution in [0.2, 0.25) is 5.02 Å². The van der Waals surface area contributed by atoms with E-state index in [9.17, 15) is 9.59 Å². The summed E-state index contributed by atoms with van der Waals surface area (Å²) < 4.78 is 11.2. The van der Waals surface area contributed by atoms with E-state index >= 15 is 0 Å². The van der Waals surface area contributed by atoms with Gasteiger partial charge in [0.05, 0.1) is 24.4 Å². The Labute approximate surface area is 265 Å². The Morgan fingerprint density at radius 2 is 1.57 bits per heavy atom. The van der Waals surface area contributed by atoms with Crippen LogP contribution in [0.5, 0.6) is 5.75 Å². The molecule has 1 atom stereocenters. The van der Waals surface area contributed by atoms with Crippen LogP contribution in [0.15, 0.2) is 103 Å². The van der Waals surface area contributed by atoms with Crippen molar-refractivity contribution >= 4 is 34.7 Å². The van der Waals surface area contributed by atoms with Gasteiger partial charge >= 0.3 is 5.97 Å². The molecule has 0 bridgehead atoms. The molecule has 1 aliphatic rings. The number of para-hydroxylation sites is 2. The number of methoxy groups -OCH3 is 1. The summed E-state index contributed by atoms with van der Waals surface area (Å²) >= 11 is 6.56. The number of anilines is 2. The van der Waals surface area contributed by atoms with Crippen molar-refractivity contribution < 1.29 is 19.1 Å². The molecule has 0 spiro atoms. The van der Waals surface area contributed by atoms with Gasteiger partial charge in [0.25, 0.3) is 0 Å². The third kappa shape index (κ3) is 8.20. The minimum atomic E-state index is -0.684. The first-order valence-corrected chi connectivity index (χ1v) is 15.6. The van der Waals surface area contributed by atoms with Gasteiger partial charge in [0.15, 0.2) is 5.78 Å². The van der Waals surface area contributed by atoms with Crippen molar-refractivity contribution in [3.05, 3.63) is 125 Å². The van der Waals surface area contributed by atoms with Crippen molar-refractivity contribution in [1.82, 2.24) is 0 Å². The number of nitrogens with zero attached hydrogens (tertiary/aromatic N) is 1. The van der Waals surface area contributed by atoms with Crippen LogP contribution in [0.3, 0.4) is 0 Å². The van der Waals surface area contributed by atoms with Crippen molar-refractivity contribution in [3.8, 4) is 5.75 Å². The summed E-state index contributed by atoms with van der Waals surface area (Å²) in [5.41, 5.74) is 3.65. The van der Waals surface area contributed by atoms with Gasteiger partial charge in [-0.1, -0.05) is 91.2 Å². The molecule has 0 heterocycles. The zero-order valence-electron chi connectivity index (χ0n) is 25.1. The predicted octanol–water partition coefficient (Wildman–Crippen LogP) is 7.84. The number of rotatable bonds is 14. The Hall–Kier alpha value is -4.29. The molecule has 1 saturated carbocycles. The van der Waals surface area contributed by atoms with Gasteiger partial charge in [0.2, 0.25) is 0 Å². The summed E-state index contributed by atoms with van der Waals surface area (Å²) in [4.78, 5) is 28.4. The summed E-state index contributed by atoms with van der Waals surface area (Å²) in [7, 11) is 1.37. The standard InChI is InChI=1S/C37H39ClN2O4/c1-43-37(42)34(39-33-17-9-7-15-31(33)36(41)29-13-3-2-4-14-29)25-27-19-21-30(22-20-27)44-24-23-40(26-28-11-5-6-12-28)35-18-10-8-16-32(35)38/h2-4,7-10,13-22,28,34,39H,5-6,11-12,23-26H2,1H3/t34-/m0/s1. The maximum atomic E-state index is 13.2. The summed E-state index contributed by atoms with van der Waals surface area (Å²) in [5.74, 6) is 0.921. The Bertz CT molecular complexity index is 1520. The van der Waals surface area contributed by atoms with E-state index in [1.165, 1.54) is 32.8 Å². The second-order valence-corrected chi connectivity index (χ2v) is 11.6. The molecule has 1 aliphatic carbocycles. The van der Waals surface area contributed by atoms with Gasteiger partial charge in [0, 0.05) is 29.8 Å². The number of ketones is 1. The van der Waals surface area contributed by atoms with Gasteiger partial charge in [-0.25, -0.2) is 4.79 Å². The molecule has 4 aromatic carbocycles. The summed E-state index contributed by atoms with van der Waals surface area (Å²) in [5, 5.41) is 4.03. The largest absolute Gasteiger partial charge is 0.492 e. The Morgan fingerprint density at radius 3 is 2.30 bits per heavy atom. The number of carbonyl (C=O) groups is 2. The van der Waals surface area contributed by atoms with Crippen LogP contribution in [0.25, 0.3) is 0 Å². The minimum absolute atomic E-state index is 0.116. The molecular formula is C37H39ClN2O4. The second kappa shape index (κ2) is 15.4. The number of carbonyl (C=O) groups excluding carboxylic acids is 2. The van der Waals surface area contributed by atoms with Crippen molar-refractivity contribution in [2.24, 2.45) is 5.92 Å². The zero-order chi connectivity index (χ0) is 30.7. The lowest BCUT2D eigenvalue weighted by molar-refractivity contribution is -0.141. The highest BCUT2D eigenvalue weighted by Gasteiger charge is 2.23. The topological polar surface area (TPSA) is 67.9 Å². The van der Waals surface area contributed by atoms with E-state index in [2.05, 4.69) is 16.3 Å². The van der Waals surface area contributed by atoms with Crippen LogP contribution in [0, 0.1) is 5.92 Å². The molecule has 0 saturated heterocycles. The van der Waals surface area contributed by atoms with Crippen LogP contribution < -0.4 is 15.0 Å². The Morgan fingerprint density at radius 1 is 0.886 bits per heavy atom. The lowest BCUT2D eigenvalue weighted by atomic mass is 10.00. The fourth-order valence-electron chi connectivity index (χ4n) is 5.83. The van der Waals surface area contributed by atoms with Crippen LogP contribution in [0.1, 0.15) is 47.2 Å². The number of hydrogen-bond donors (Lipinski definition) is 1. The second-order valence-electron chi connectivity index (χ2n) is 11.2. The van der Waals surface area contributed by atoms with E-state index in [1.54, 1.807) is 18.2 Å². The molecule has 7 heteroatoms. The number of benzene rings is 4. The molecule has 228 valence electrons. The Balaban J connectivity index is 1.22. The highest BCUT2D eigenvalue weighted by Crippen LogP contribution is 2.31. The maximum Gasteiger partial charge on any atom is 0.328 e. The van der Waals surface area contributed by atoms with E-state index in [1.807, 2.05) is 78.9 Å². The first-order valence-electron chi connectivity index (χ1n) is 15.3. The predicted molar refractivity (Wildman–Crippen MR) is 177 cm³/mol. The number of esters is 1. The maximum absolute atomic E-state index is 13.2. The van der Waals surface area contributed by atoms with Crippen LogP contribution in [-0.2, 0) is 16.0 Å². The third-order valence-corrected chi connectivity index (χ3v) is 8.48. The molecule has 0 amide bonds. The molecule has 0 aromatic heterocycles. The van der Waals surface area contributed by atoms with Crippen LogP contribution >= 0.6 is 11.6 Å². The van der Waals surface area contributed by atoms with Gasteiger partial charge in [-0.15, -0.1) is 0 Å². The molecule has 0 unspecified atom stereocenters. The Kier molecular flexibility index (Phi) is 10.9. The van der Waals surface area contributed by atoms with Gasteiger partial charge in [-0.3, -0.25) is 4.79 Å². The minimum Gasteiger partial charge on any atom is -0.492 e. The third-order valence-electron chi connectivity index (χ3n) is 8.16. The molecular weight excluding hydrogens is 572 g/mol. The molecule has 0 aliphatic heterocycles. The average molecular weight is 611 g/mol. The molecule has 1 fully saturated rings. The van der Waals surface area contributed by atoms with Gasteiger partial charge in [-0.2, -0.15) is 0 Å². The van der Waals surface area contributed by atoms with E-state index in [0.29, 0.717) is 35.8 Å². The van der Waals surface area contributed by atoms with Crippen LogP contribution in [-0.4, -0.2) is 44.6 Å². The fourth-order valence-corrected chi connectivity index (χ4v) is 6.08. The zero-order valence-corrected chi connectivity index (χ0v) is 25.8. The first kappa shape index (κ1) is 31.1. The fraction of sp³-hybridized carbons (Fsp3) is 0.297. The highest BCUT2D eigenvalue weighted by molar-refractivity contribution is 6.33. The number of halogens is 1. The molecule has 6 nitrogen and oxygen atoms in total. The molecule has 44 heavy (non-hydrogen) atoms. The van der Waals surface area contributed by atoms with Crippen molar-refractivity contribution in [2.75, 3.05) is 37.0 Å². The van der Waals surface area contributed by atoms with Crippen molar-refractivity contribution in [2.45, 2.75) is 38.1 Å². The van der Waals surface area contributed by atoms with Crippen molar-refractivity contribution in [1.29, 1.82) is 0 Å². The molecule has 4 aromatic rings. The van der Waals surface area contributed by atoms with Gasteiger partial charge < -0.3 is 19.7 Å². The lowest BCUT2D eigenvalue weighted by Crippen LogP contribution is -2.33. The molecule has 1 N–H and O–H groups in total. The summed E-state index contributed by atoms with van der Waals surface area (Å²) in [6, 6.07) is 31.4. The van der Waals surface area contributed by atoms with Gasteiger partial charge in [0.1, 0.15) is 18.4 Å². The quantitative estimate of drug-likeness (QED) is 0.116. The van der Waals surface area contributed by atoms with E-state index < -0.39 is 12.0 Å². The number of nitrogens with one attached hydrogen (secondary N) is 1. The smallest absolute Gasteiger partial charge is 0.328 e. The lowest BCUT2D eigenvalue weighted by Gasteiger charge is -2.28. The highest BCUT2D eigenvalue weighted by atomic mass is 35.5. The normalized spacial score (nSPS) is 13.7. The monoisotopic (exact) mass is 610 g/mol. The number of ether oxygens (including phenoxy) is 2. The average Bonchev–Trinajstić information content (AvgIpc) is 3.58. The first-order chi connectivity index (χ1) is 21.5. The SMILES string of the molecule is COC(=O)[C@H](Cc1ccc(OCCN(CC2CCCC2)c2ccccc2Cl)cc1)Nc1ccccc1C(=O)c1ccccc1. The molecule has 0 radical (unpaired) electrons. The van der Waals surface area contributed by atoms with Crippen LogP contribution in [0.4, 0.5) is 11.4 Å². The molecule has 5 rings (SSSR count). The van der Waals surface area contributed by atoms with E-state index in [4.69, 9.17) is 21.1 Å².